The molecule has 1 aliphatic heterocycles. The van der Waals surface area contributed by atoms with Gasteiger partial charge in [-0.1, -0.05) is 22.5 Å². The van der Waals surface area contributed by atoms with Crippen LogP contribution in [0.1, 0.15) is 12.0 Å². The van der Waals surface area contributed by atoms with E-state index < -0.39 is 10.0 Å². The second-order valence-corrected chi connectivity index (χ2v) is 9.15. The lowest BCUT2D eigenvalue weighted by Crippen LogP contribution is -2.37. The lowest BCUT2D eigenvalue weighted by Gasteiger charge is -2.26. The largest absolute Gasteiger partial charge is 0.494 e. The minimum atomic E-state index is -3.73. The molecule has 30 heavy (non-hydrogen) atoms. The molecule has 1 aromatic heterocycles. The number of aromatic nitrogens is 1. The monoisotopic (exact) mass is 495 g/mol. The molecule has 7 nitrogen and oxygen atoms in total. The van der Waals surface area contributed by atoms with E-state index in [1.165, 1.54) is 12.1 Å². The maximum absolute atomic E-state index is 12.6. The first-order valence-electron chi connectivity index (χ1n) is 9.74. The molecule has 3 rings (SSSR count). The Morgan fingerprint density at radius 1 is 1.20 bits per heavy atom. The zero-order valence-electron chi connectivity index (χ0n) is 16.7. The van der Waals surface area contributed by atoms with Gasteiger partial charge < -0.3 is 9.47 Å². The quantitative estimate of drug-likeness (QED) is 0.401. The second-order valence-electron chi connectivity index (χ2n) is 6.90. The van der Waals surface area contributed by atoms with Gasteiger partial charge >= 0.3 is 0 Å². The van der Waals surface area contributed by atoms with E-state index in [1.807, 2.05) is 0 Å². The van der Waals surface area contributed by atoms with Crippen LogP contribution >= 0.6 is 15.9 Å². The molecule has 0 atom stereocenters. The molecule has 0 radical (unpaired) electrons. The van der Waals surface area contributed by atoms with Gasteiger partial charge in [0, 0.05) is 31.2 Å². The summed E-state index contributed by atoms with van der Waals surface area (Å²) >= 11 is 3.34. The van der Waals surface area contributed by atoms with Gasteiger partial charge in [0.1, 0.15) is 11.6 Å². The lowest BCUT2D eigenvalue weighted by atomic mass is 10.1. The van der Waals surface area contributed by atoms with Gasteiger partial charge in [-0.15, -0.1) is 0 Å². The third-order valence-corrected chi connectivity index (χ3v) is 6.74. The Labute approximate surface area is 186 Å². The number of nitrogens with zero attached hydrogens (tertiary/aromatic N) is 2. The molecule has 0 spiro atoms. The standard InChI is InChI=1S/C21H26BrN3O4S/c1-17(15-22)18-3-8-21(23-16-18)24-30(26,27)20-6-4-19(5-7-20)29-12-2-9-25-10-13-28-14-11-25/h3-8,16H,1-2,9-15H2,(H,23,24). The molecule has 0 amide bonds. The molecule has 0 bridgehead atoms. The minimum absolute atomic E-state index is 0.152. The third kappa shape index (κ3) is 6.53. The number of allylic oxidation sites excluding steroid dienone is 1. The molecule has 162 valence electrons. The van der Waals surface area contributed by atoms with Crippen molar-refractivity contribution in [2.75, 3.05) is 49.5 Å². The number of anilines is 1. The fourth-order valence-electron chi connectivity index (χ4n) is 2.96. The van der Waals surface area contributed by atoms with E-state index in [2.05, 4.69) is 37.1 Å². The zero-order valence-corrected chi connectivity index (χ0v) is 19.1. The molecule has 2 heterocycles. The average molecular weight is 496 g/mol. The van der Waals surface area contributed by atoms with Crippen LogP contribution in [-0.4, -0.2) is 63.1 Å². The molecule has 9 heteroatoms. The number of alkyl halides is 1. The number of pyridine rings is 1. The highest BCUT2D eigenvalue weighted by atomic mass is 79.9. The van der Waals surface area contributed by atoms with Crippen molar-refractivity contribution in [1.82, 2.24) is 9.88 Å². The number of sulfonamides is 1. The Hall–Kier alpha value is -1.94. The van der Waals surface area contributed by atoms with Crippen LogP contribution in [0, 0.1) is 0 Å². The first-order valence-corrected chi connectivity index (χ1v) is 12.3. The molecule has 0 saturated carbocycles. The SMILES string of the molecule is C=C(CBr)c1ccc(NS(=O)(=O)c2ccc(OCCCN3CCOCC3)cc2)nc1. The smallest absolute Gasteiger partial charge is 0.263 e. The van der Waals surface area contributed by atoms with Crippen molar-refractivity contribution in [3.05, 3.63) is 54.7 Å². The van der Waals surface area contributed by atoms with Crippen LogP contribution in [-0.2, 0) is 14.8 Å². The fourth-order valence-corrected chi connectivity index (χ4v) is 4.29. The van der Waals surface area contributed by atoms with Gasteiger partial charge in [0.25, 0.3) is 10.0 Å². The van der Waals surface area contributed by atoms with Crippen LogP contribution in [0.3, 0.4) is 0 Å². The average Bonchev–Trinajstić information content (AvgIpc) is 2.77. The maximum atomic E-state index is 12.6. The maximum Gasteiger partial charge on any atom is 0.263 e. The number of halogens is 1. The Morgan fingerprint density at radius 2 is 1.93 bits per heavy atom. The van der Waals surface area contributed by atoms with Crippen LogP contribution in [0.5, 0.6) is 5.75 Å². The summed E-state index contributed by atoms with van der Waals surface area (Å²) in [5.74, 6) is 0.899. The van der Waals surface area contributed by atoms with Gasteiger partial charge in [0.2, 0.25) is 0 Å². The van der Waals surface area contributed by atoms with Crippen LogP contribution in [0.25, 0.3) is 5.57 Å². The number of morpholine rings is 1. The van der Waals surface area contributed by atoms with Crippen LogP contribution in [0.15, 0.2) is 54.1 Å². The summed E-state index contributed by atoms with van der Waals surface area (Å²) in [6.45, 7) is 8.95. The molecular formula is C21H26BrN3O4S. The van der Waals surface area contributed by atoms with Crippen molar-refractivity contribution in [1.29, 1.82) is 0 Å². The zero-order chi connectivity index (χ0) is 21.4. The molecular weight excluding hydrogens is 470 g/mol. The highest BCUT2D eigenvalue weighted by Gasteiger charge is 2.15. The van der Waals surface area contributed by atoms with Crippen molar-refractivity contribution < 1.29 is 17.9 Å². The second kappa shape index (κ2) is 10.9. The molecule has 1 fully saturated rings. The Balaban J connectivity index is 1.50. The summed E-state index contributed by atoms with van der Waals surface area (Å²) in [6.07, 6.45) is 2.50. The first kappa shape index (κ1) is 22.7. The van der Waals surface area contributed by atoms with E-state index in [4.69, 9.17) is 9.47 Å². The number of benzene rings is 1. The van der Waals surface area contributed by atoms with E-state index in [0.29, 0.717) is 17.7 Å². The summed E-state index contributed by atoms with van der Waals surface area (Å²) in [5, 5.41) is 0.626. The van der Waals surface area contributed by atoms with Crippen molar-refractivity contribution in [2.45, 2.75) is 11.3 Å². The summed E-state index contributed by atoms with van der Waals surface area (Å²) in [6, 6.07) is 9.79. The summed E-state index contributed by atoms with van der Waals surface area (Å²) in [4.78, 5) is 6.66. The molecule has 0 aliphatic carbocycles. The van der Waals surface area contributed by atoms with Gasteiger partial charge in [0.15, 0.2) is 0 Å². The van der Waals surface area contributed by atoms with E-state index >= 15 is 0 Å². The molecule has 1 N–H and O–H groups in total. The van der Waals surface area contributed by atoms with Crippen molar-refractivity contribution in [3.63, 3.8) is 0 Å². The number of nitrogens with one attached hydrogen (secondary N) is 1. The summed E-state index contributed by atoms with van der Waals surface area (Å²) in [7, 11) is -3.73. The van der Waals surface area contributed by atoms with Crippen LogP contribution in [0.2, 0.25) is 0 Å². The van der Waals surface area contributed by atoms with E-state index in [1.54, 1.807) is 30.5 Å². The van der Waals surface area contributed by atoms with E-state index in [9.17, 15) is 8.42 Å². The van der Waals surface area contributed by atoms with Gasteiger partial charge in [-0.3, -0.25) is 9.62 Å². The molecule has 1 saturated heterocycles. The summed E-state index contributed by atoms with van der Waals surface area (Å²) in [5.41, 5.74) is 1.72. The first-order chi connectivity index (χ1) is 14.5. The molecule has 1 aromatic carbocycles. The van der Waals surface area contributed by atoms with Crippen molar-refractivity contribution in [3.8, 4) is 5.75 Å². The molecule has 2 aromatic rings. The van der Waals surface area contributed by atoms with Gasteiger partial charge in [-0.2, -0.15) is 0 Å². The fraction of sp³-hybridized carbons (Fsp3) is 0.381. The van der Waals surface area contributed by atoms with E-state index in [0.717, 1.165) is 50.4 Å². The Morgan fingerprint density at radius 3 is 2.57 bits per heavy atom. The predicted molar refractivity (Wildman–Crippen MR) is 122 cm³/mol. The normalized spacial score (nSPS) is 15.0. The van der Waals surface area contributed by atoms with Crippen LogP contribution in [0.4, 0.5) is 5.82 Å². The number of rotatable bonds is 10. The lowest BCUT2D eigenvalue weighted by molar-refractivity contribution is 0.0358. The Kier molecular flexibility index (Phi) is 8.26. The molecule has 0 unspecified atom stereocenters. The summed E-state index contributed by atoms with van der Waals surface area (Å²) < 4.78 is 38.7. The van der Waals surface area contributed by atoms with Crippen molar-refractivity contribution in [2.24, 2.45) is 0 Å². The van der Waals surface area contributed by atoms with Gasteiger partial charge in [-0.25, -0.2) is 13.4 Å². The third-order valence-electron chi connectivity index (χ3n) is 4.70. The predicted octanol–water partition coefficient (Wildman–Crippen LogP) is 3.39. The Bertz CT molecular complexity index is 928. The highest BCUT2D eigenvalue weighted by Crippen LogP contribution is 2.20. The number of hydrogen-bond donors (Lipinski definition) is 1. The highest BCUT2D eigenvalue weighted by molar-refractivity contribution is 9.09. The van der Waals surface area contributed by atoms with Gasteiger partial charge in [-0.05, 0) is 54.0 Å². The topological polar surface area (TPSA) is 80.8 Å². The van der Waals surface area contributed by atoms with E-state index in [-0.39, 0.29) is 10.7 Å². The van der Waals surface area contributed by atoms with Crippen molar-refractivity contribution >= 4 is 37.3 Å². The minimum Gasteiger partial charge on any atom is -0.494 e. The number of hydrogen-bond acceptors (Lipinski definition) is 6. The number of ether oxygens (including phenoxy) is 2. The van der Waals surface area contributed by atoms with Gasteiger partial charge in [0.05, 0.1) is 24.7 Å². The molecule has 1 aliphatic rings. The van der Waals surface area contributed by atoms with Crippen LogP contribution < -0.4 is 9.46 Å².